The summed E-state index contributed by atoms with van der Waals surface area (Å²) < 4.78 is 51.0. The van der Waals surface area contributed by atoms with E-state index >= 15 is 0 Å². The minimum atomic E-state index is -3.91. The van der Waals surface area contributed by atoms with Gasteiger partial charge in [0.05, 0.1) is 32.2 Å². The second-order valence-electron chi connectivity index (χ2n) is 16.4. The van der Waals surface area contributed by atoms with Gasteiger partial charge in [0.15, 0.2) is 0 Å². The van der Waals surface area contributed by atoms with Crippen molar-refractivity contribution in [1.29, 1.82) is 0 Å². The first-order valence-corrected chi connectivity index (χ1v) is 20.5. The quantitative estimate of drug-likeness (QED) is 0.328. The molecule has 0 radical (unpaired) electrons. The number of pyridine rings is 1. The molecule has 2 aliphatic heterocycles. The lowest BCUT2D eigenvalue weighted by atomic mass is 9.92. The Bertz CT molecular complexity index is 1960. The number of ether oxygens (including phenoxy) is 4. The summed E-state index contributed by atoms with van der Waals surface area (Å²) in [4.78, 5) is 62.1. The number of nitrogens with zero attached hydrogens (tertiary/aromatic N) is 2. The first-order valence-electron chi connectivity index (χ1n) is 19.0. The Morgan fingerprint density at radius 1 is 1.02 bits per heavy atom. The van der Waals surface area contributed by atoms with Crippen LogP contribution >= 0.6 is 0 Å². The fraction of sp³-hybridized carbons (Fsp3) is 0.615. The zero-order valence-electron chi connectivity index (χ0n) is 32.5. The van der Waals surface area contributed by atoms with Crippen LogP contribution in [0.1, 0.15) is 79.6 Å². The normalized spacial score (nSPS) is 29.4. The van der Waals surface area contributed by atoms with Gasteiger partial charge < -0.3 is 34.5 Å². The van der Waals surface area contributed by atoms with E-state index in [4.69, 9.17) is 18.9 Å². The molecule has 4 amide bonds. The maximum atomic E-state index is 14.7. The molecular weight excluding hydrogens is 731 g/mol. The number of allylic oxidation sites excluding steroid dienone is 1. The van der Waals surface area contributed by atoms with Gasteiger partial charge in [0, 0.05) is 23.1 Å². The molecule has 0 unspecified atom stereocenters. The molecule has 3 heterocycles. The molecule has 1 aromatic carbocycles. The van der Waals surface area contributed by atoms with Gasteiger partial charge in [0.1, 0.15) is 40.8 Å². The molecule has 0 bridgehead atoms. The smallest absolute Gasteiger partial charge is 0.408 e. The second kappa shape index (κ2) is 15.5. The minimum absolute atomic E-state index is 0.0199. The summed E-state index contributed by atoms with van der Waals surface area (Å²) in [6, 6.07) is 3.14. The van der Waals surface area contributed by atoms with Gasteiger partial charge in [-0.15, -0.1) is 0 Å². The number of methoxy groups -OCH3 is 2. The van der Waals surface area contributed by atoms with E-state index in [2.05, 4.69) is 20.3 Å². The summed E-state index contributed by atoms with van der Waals surface area (Å²) in [6.45, 7) is 9.06. The van der Waals surface area contributed by atoms with Crippen molar-refractivity contribution in [3.8, 4) is 17.4 Å². The number of hydrogen-bond donors (Lipinski definition) is 3. The second-order valence-corrected chi connectivity index (χ2v) is 18.3. The van der Waals surface area contributed by atoms with E-state index in [-0.39, 0.29) is 37.1 Å². The zero-order chi connectivity index (χ0) is 39.9. The first kappa shape index (κ1) is 40.1. The van der Waals surface area contributed by atoms with E-state index in [9.17, 15) is 27.6 Å². The van der Waals surface area contributed by atoms with Crippen molar-refractivity contribution in [2.45, 2.75) is 114 Å². The van der Waals surface area contributed by atoms with Crippen LogP contribution in [-0.4, -0.2) is 97.5 Å². The van der Waals surface area contributed by atoms with Crippen molar-refractivity contribution in [3.63, 3.8) is 0 Å². The van der Waals surface area contributed by atoms with Crippen LogP contribution in [0.3, 0.4) is 0 Å². The summed E-state index contributed by atoms with van der Waals surface area (Å²) in [5.41, 5.74) is -2.36. The number of sulfonamides is 1. The highest BCUT2D eigenvalue weighted by molar-refractivity contribution is 7.91. The van der Waals surface area contributed by atoms with Crippen LogP contribution in [-0.2, 0) is 29.1 Å². The molecule has 3 N–H and O–H groups in total. The van der Waals surface area contributed by atoms with E-state index in [1.54, 1.807) is 46.1 Å². The number of carbonyl (C=O) groups excluding carboxylic acids is 4. The highest BCUT2D eigenvalue weighted by atomic mass is 32.2. The molecule has 1 saturated heterocycles. The van der Waals surface area contributed by atoms with Crippen LogP contribution in [0, 0.1) is 17.8 Å². The monoisotopic (exact) mass is 783 g/mol. The Balaban J connectivity index is 1.35. The molecule has 0 spiro atoms. The maximum Gasteiger partial charge on any atom is 0.408 e. The molecule has 16 heteroatoms. The largest absolute Gasteiger partial charge is 0.497 e. The summed E-state index contributed by atoms with van der Waals surface area (Å²) in [7, 11) is -0.828. The molecule has 2 aliphatic carbocycles. The molecule has 6 rings (SSSR count). The first-order chi connectivity index (χ1) is 25.9. The number of carbonyl (C=O) groups is 4. The predicted octanol–water partition coefficient (Wildman–Crippen LogP) is 3.99. The molecule has 1 aromatic heterocycles. The lowest BCUT2D eigenvalue weighted by Crippen LogP contribution is -2.59. The number of amides is 4. The summed E-state index contributed by atoms with van der Waals surface area (Å²) in [6.07, 6.45) is 7.11. The van der Waals surface area contributed by atoms with Crippen LogP contribution in [0.4, 0.5) is 4.79 Å². The van der Waals surface area contributed by atoms with Gasteiger partial charge in [-0.2, -0.15) is 0 Å². The number of hydrogen-bond acceptors (Lipinski definition) is 11. The Morgan fingerprint density at radius 3 is 2.44 bits per heavy atom. The summed E-state index contributed by atoms with van der Waals surface area (Å²) in [5, 5.41) is 6.35. The van der Waals surface area contributed by atoms with Crippen LogP contribution in [0.25, 0.3) is 10.8 Å². The van der Waals surface area contributed by atoms with E-state index in [0.717, 1.165) is 12.8 Å². The fourth-order valence-electron chi connectivity index (χ4n) is 7.46. The molecule has 15 nitrogen and oxygen atoms in total. The number of nitrogens with one attached hydrogen (secondary N) is 3. The lowest BCUT2D eigenvalue weighted by Gasteiger charge is -2.32. The summed E-state index contributed by atoms with van der Waals surface area (Å²) in [5.74, 6) is -1.31. The highest BCUT2D eigenvalue weighted by Crippen LogP contribution is 2.46. The fourth-order valence-corrected chi connectivity index (χ4v) is 8.83. The third kappa shape index (κ3) is 8.94. The SMILES string of the molecule is COc1ccc2c(O[C@@H]3C[C@H]4C(=O)N[C@]5(C(=O)NS(=O)(=O)C6CC6)C[C@H]5/C=C\[C@H](C)CCC[C@@H](C)[C@H](NC(=O)OC(C)(C)C)C(=O)N4C3)ncc(OC)c2c1. The van der Waals surface area contributed by atoms with E-state index < -0.39 is 74.3 Å². The topological polar surface area (TPSA) is 192 Å². The van der Waals surface area contributed by atoms with Crippen molar-refractivity contribution in [1.82, 2.24) is 25.2 Å². The minimum Gasteiger partial charge on any atom is -0.497 e. The number of alkyl carbamates (subject to hydrolysis) is 1. The highest BCUT2D eigenvalue weighted by Gasteiger charge is 2.62. The van der Waals surface area contributed by atoms with Gasteiger partial charge in [-0.1, -0.05) is 32.4 Å². The number of benzene rings is 1. The predicted molar refractivity (Wildman–Crippen MR) is 203 cm³/mol. The molecule has 300 valence electrons. The Labute approximate surface area is 322 Å². The third-order valence-corrected chi connectivity index (χ3v) is 12.6. The van der Waals surface area contributed by atoms with Crippen molar-refractivity contribution >= 4 is 44.6 Å². The lowest BCUT2D eigenvalue weighted by molar-refractivity contribution is -0.142. The van der Waals surface area contributed by atoms with Crippen LogP contribution in [0.15, 0.2) is 36.5 Å². The van der Waals surface area contributed by atoms with Crippen molar-refractivity contribution in [2.24, 2.45) is 17.8 Å². The van der Waals surface area contributed by atoms with Crippen LogP contribution in [0.5, 0.6) is 17.4 Å². The van der Waals surface area contributed by atoms with Crippen molar-refractivity contribution in [3.05, 3.63) is 36.5 Å². The van der Waals surface area contributed by atoms with Gasteiger partial charge >= 0.3 is 6.09 Å². The maximum absolute atomic E-state index is 14.7. The third-order valence-electron chi connectivity index (χ3n) is 10.8. The average Bonchev–Trinajstić information content (AvgIpc) is 4.05. The Hall–Kier alpha value is -4.60. The van der Waals surface area contributed by atoms with Gasteiger partial charge in [-0.3, -0.25) is 19.1 Å². The molecular formula is C39H53N5O10S. The van der Waals surface area contributed by atoms with Crippen LogP contribution in [0.2, 0.25) is 0 Å². The number of aromatic nitrogens is 1. The molecule has 3 fully saturated rings. The van der Waals surface area contributed by atoms with Crippen molar-refractivity contribution < 1.29 is 46.5 Å². The van der Waals surface area contributed by atoms with Gasteiger partial charge in [-0.25, -0.2) is 18.2 Å². The molecule has 2 saturated carbocycles. The van der Waals surface area contributed by atoms with E-state index in [1.165, 1.54) is 18.2 Å². The van der Waals surface area contributed by atoms with Crippen molar-refractivity contribution in [2.75, 3.05) is 20.8 Å². The van der Waals surface area contributed by atoms with E-state index in [1.807, 2.05) is 26.0 Å². The number of fused-ring (bicyclic) bond motifs is 3. The summed E-state index contributed by atoms with van der Waals surface area (Å²) >= 11 is 0. The zero-order valence-corrected chi connectivity index (χ0v) is 33.4. The Kier molecular flexibility index (Phi) is 11.3. The average molecular weight is 784 g/mol. The Morgan fingerprint density at radius 2 is 1.76 bits per heavy atom. The van der Waals surface area contributed by atoms with E-state index in [0.29, 0.717) is 41.5 Å². The number of rotatable bonds is 8. The van der Waals surface area contributed by atoms with Gasteiger partial charge in [0.25, 0.3) is 5.91 Å². The molecule has 2 aromatic rings. The molecule has 4 aliphatic rings. The van der Waals surface area contributed by atoms with Gasteiger partial charge in [0.2, 0.25) is 27.7 Å². The van der Waals surface area contributed by atoms with Crippen LogP contribution < -0.4 is 29.6 Å². The van der Waals surface area contributed by atoms with Gasteiger partial charge in [-0.05, 0) is 82.9 Å². The standard InChI is InChI=1S/C39H53N5O10S/c1-22-9-8-10-23(2)32(41-37(48)54-38(3,4)5)35(46)44-21-26(53-34-28-16-13-25(51-6)17-29(28)31(52-7)20-40-34)18-30(44)33(45)42-39(19-24(39)12-11-22)36(47)43-55(49,50)27-14-15-27/h11-13,16-17,20,22-24,26-27,30,32H,8-10,14-15,18-19,21H2,1-7H3,(H,41,48)(H,42,45)(H,43,47)/b12-11-/t22-,23-,24-,26-,30+,32+,39-/m1/s1. The molecule has 7 atom stereocenters. The molecule has 55 heavy (non-hydrogen) atoms.